The van der Waals surface area contributed by atoms with Gasteiger partial charge in [-0.3, -0.25) is 52.7 Å². The fraction of sp³-hybridized carbons (Fsp3) is 0.721. The van der Waals surface area contributed by atoms with Crippen molar-refractivity contribution < 1.29 is 146 Å². The molecule has 54 heteroatoms. The SMILES string of the molecule is CC(=O)NP(=O)(O)OC[C@H]1O[C@@H](n2ccc(CC(C)C)nc2=O)C(F)(F)[C@@H]1O.CC(=O)NP1(=S)OCCS1.CC(=O)NP1(=S)OCCS1.CC(C)(C)OC(=O)OC(=O)OC(C)(C)C.CC(C)Cc1ccn([C@@H]2O[C@H](CO)[C@@H](O)C2(F)F)c(=O)n1.CC(C)Cc1ccn([C@@H]2O[C@H](CO)[C@@H](OC(=O)OC(C)(C)C)C2(F)F)c(=O)n1.CC(N)=O.ClP1OCCS1. The summed E-state index contributed by atoms with van der Waals surface area (Å²) in [6, 6.07) is 4.33. The molecule has 9 rings (SSSR count). The Morgan fingerprint density at radius 1 is 0.598 bits per heavy atom. The number of aromatic nitrogens is 6. The van der Waals surface area contributed by atoms with E-state index in [-0.39, 0.29) is 35.5 Å². The van der Waals surface area contributed by atoms with E-state index in [1.165, 1.54) is 45.2 Å². The first-order valence-corrected chi connectivity index (χ1v) is 50.8. The van der Waals surface area contributed by atoms with Crippen LogP contribution in [0, 0.1) is 17.8 Å². The van der Waals surface area contributed by atoms with Crippen molar-refractivity contribution in [3.05, 3.63) is 85.3 Å². The monoisotopic (exact) mass is 1950 g/mol. The van der Waals surface area contributed by atoms with E-state index in [2.05, 4.69) is 40.1 Å². The van der Waals surface area contributed by atoms with Crippen LogP contribution in [0.5, 0.6) is 0 Å². The molecular weight excluding hydrogens is 1840 g/mol. The zero-order chi connectivity index (χ0) is 93.8. The summed E-state index contributed by atoms with van der Waals surface area (Å²) in [7, 11) is -4.61. The van der Waals surface area contributed by atoms with Crippen molar-refractivity contribution in [3.63, 3.8) is 0 Å². The molecule has 4 unspecified atom stereocenters. The van der Waals surface area contributed by atoms with Gasteiger partial charge in [-0.15, -0.1) is 0 Å². The second kappa shape index (κ2) is 50.0. The molecule has 4 amide bonds. The smallest absolute Gasteiger partial charge is 0.429 e. The molecule has 122 heavy (non-hydrogen) atoms. The lowest BCUT2D eigenvalue weighted by Crippen LogP contribution is -2.45. The highest BCUT2D eigenvalue weighted by Gasteiger charge is 2.64. The number of aliphatic hydroxyl groups excluding tert-OH is 4. The maximum Gasteiger partial charge on any atom is 0.519 e. The van der Waals surface area contributed by atoms with Gasteiger partial charge in [-0.2, -0.15) is 41.3 Å². The number of ether oxygens (including phenoxy) is 8. The highest BCUT2D eigenvalue weighted by Crippen LogP contribution is 2.61. The van der Waals surface area contributed by atoms with Gasteiger partial charge in [0.25, 0.3) is 0 Å². The number of alkyl halides is 6. The van der Waals surface area contributed by atoms with Gasteiger partial charge < -0.3 is 82.5 Å². The highest BCUT2D eigenvalue weighted by atomic mass is 35.7. The number of nitrogens with two attached hydrogens (primary N) is 1. The lowest BCUT2D eigenvalue weighted by Gasteiger charge is -2.25. The zero-order valence-electron chi connectivity index (χ0n) is 70.2. The van der Waals surface area contributed by atoms with Gasteiger partial charge in [-0.05, 0) is 141 Å². The van der Waals surface area contributed by atoms with E-state index in [0.29, 0.717) is 63.3 Å². The van der Waals surface area contributed by atoms with Crippen LogP contribution in [0.3, 0.4) is 0 Å². The third-order valence-corrected chi connectivity index (χ3v) is 30.0. The van der Waals surface area contributed by atoms with Crippen LogP contribution < -0.4 is 38.1 Å². The van der Waals surface area contributed by atoms with Gasteiger partial charge in [0.15, 0.2) is 18.9 Å². The molecule has 3 aromatic heterocycles. The highest BCUT2D eigenvalue weighted by molar-refractivity contribution is 8.69. The van der Waals surface area contributed by atoms with E-state index >= 15 is 0 Å². The summed E-state index contributed by atoms with van der Waals surface area (Å²) < 4.78 is 158. The third-order valence-electron chi connectivity index (χ3n) is 14.3. The van der Waals surface area contributed by atoms with Gasteiger partial charge in [-0.1, -0.05) is 86.9 Å². The van der Waals surface area contributed by atoms with Gasteiger partial charge >= 0.3 is 61.0 Å². The molecule has 698 valence electrons. The number of hydrogen-bond donors (Lipinski definition) is 9. The van der Waals surface area contributed by atoms with E-state index in [1.807, 2.05) is 41.5 Å². The van der Waals surface area contributed by atoms with Crippen molar-refractivity contribution in [1.29, 1.82) is 0 Å². The standard InChI is InChI=1S/C18H26F2N2O6.C15H22F2N3O7P.C13H18F2N2O4.C10H18O5.2C4H8NO2PS2.C2H4ClOPS.C2H5NO/c1-10(2)8-11-6-7-22(15(24)21-11)14-18(19,20)13(12(9-23)26-14)27-16(25)28-17(3,4)5;1-8(2)6-10-4-5-20(14(23)18-10)13-15(16,17)12(22)11(27-13)7-26-28(24,25)19-9(3)21;1-7(2)5-8-3-4-17(12(20)16-8)11-13(14,15)10(19)9(6-18)21-11;1-9(2,3)14-7(11)13-8(12)15-10(4,5)6;2*1-4(6)5-8(9)7-2-3-10-8;3-5-4-1-2-6-5;1-2(3)4/h6-7,10,12-14,23H,8-9H2,1-5H3;4-5,8,11-13,22H,6-7H2,1-3H3,(H2,19,21,24,25);3-4,7,9-11,18-19H,5-6H2,1-2H3;1-6H3;2*2-3H2,1H3,(H,5,6,9);1-2H2;1H3,(H2,3,4)/t12-,13-,14-;11-,12-,13-;9-,10-,11-;;;;;/m111...../s1. The molecule has 10 N–H and O–H groups in total. The first-order chi connectivity index (χ1) is 55.8. The summed E-state index contributed by atoms with van der Waals surface area (Å²) >= 11 is 20.4. The molecule has 6 aliphatic heterocycles. The first kappa shape index (κ1) is 113. The summed E-state index contributed by atoms with van der Waals surface area (Å²) in [4.78, 5) is 132. The molecule has 38 nitrogen and oxygen atoms in total. The van der Waals surface area contributed by atoms with Crippen LogP contribution in [-0.4, -0.2) is 224 Å². The van der Waals surface area contributed by atoms with Gasteiger partial charge in [0.1, 0.15) is 35.1 Å². The largest absolute Gasteiger partial charge is 0.519 e. The number of aliphatic hydroxyl groups is 4. The number of hydrogen-bond acceptors (Lipinski definition) is 35. The molecule has 0 spiro atoms. The molecule has 0 radical (unpaired) electrons. The van der Waals surface area contributed by atoms with E-state index in [9.17, 15) is 99.1 Å². The van der Waals surface area contributed by atoms with E-state index in [1.54, 1.807) is 102 Å². The Morgan fingerprint density at radius 2 is 0.934 bits per heavy atom. The van der Waals surface area contributed by atoms with Crippen LogP contribution in [0.1, 0.15) is 167 Å². The third kappa shape index (κ3) is 40.9. The van der Waals surface area contributed by atoms with Crippen molar-refractivity contribution in [2.45, 2.75) is 241 Å². The number of nitrogens with one attached hydrogen (secondary N) is 3. The fourth-order valence-electron chi connectivity index (χ4n) is 9.83. The van der Waals surface area contributed by atoms with Crippen LogP contribution >= 0.6 is 71.1 Å². The van der Waals surface area contributed by atoms with Crippen molar-refractivity contribution in [1.82, 2.24) is 43.9 Å². The van der Waals surface area contributed by atoms with Crippen LogP contribution in [0.4, 0.5) is 40.7 Å². The maximum atomic E-state index is 14.9. The fourth-order valence-corrected chi connectivity index (χ4v) is 22.7. The number of halogens is 7. The van der Waals surface area contributed by atoms with E-state index in [0.717, 1.165) is 43.2 Å². The second-order valence-electron chi connectivity index (χ2n) is 30.7. The molecule has 3 aromatic rings. The van der Waals surface area contributed by atoms with Crippen molar-refractivity contribution >= 4 is 137 Å². The Bertz CT molecular complexity index is 4190. The van der Waals surface area contributed by atoms with Crippen LogP contribution in [-0.2, 0) is 123 Å². The summed E-state index contributed by atoms with van der Waals surface area (Å²) in [6.45, 7) is 30.5. The van der Waals surface area contributed by atoms with Crippen LogP contribution in [0.25, 0.3) is 0 Å². The molecule has 0 aromatic carbocycles. The van der Waals surface area contributed by atoms with Crippen LogP contribution in [0.15, 0.2) is 51.2 Å². The Morgan fingerprint density at radius 3 is 1.20 bits per heavy atom. The minimum Gasteiger partial charge on any atom is -0.429 e. The average molecular weight is 1950 g/mol. The Labute approximate surface area is 728 Å². The molecule has 0 saturated carbocycles. The molecule has 13 atom stereocenters. The van der Waals surface area contributed by atoms with Crippen LogP contribution in [0.2, 0.25) is 0 Å². The lowest BCUT2D eigenvalue weighted by atomic mass is 10.1. The predicted molar refractivity (Wildman–Crippen MR) is 447 cm³/mol. The first-order valence-electron chi connectivity index (χ1n) is 36.9. The predicted octanol–water partition coefficient (Wildman–Crippen LogP) is 10.0. The van der Waals surface area contributed by atoms with Crippen molar-refractivity contribution in [2.75, 3.05) is 56.9 Å². The van der Waals surface area contributed by atoms with Gasteiger partial charge in [0.05, 0.1) is 39.6 Å². The van der Waals surface area contributed by atoms with Gasteiger partial charge in [0, 0.05) is 80.6 Å². The van der Waals surface area contributed by atoms with Crippen molar-refractivity contribution in [2.24, 2.45) is 23.5 Å². The molecule has 6 aliphatic rings. The number of rotatable bonds is 18. The van der Waals surface area contributed by atoms with E-state index in [4.69, 9.17) is 86.7 Å². The molecular formula is C68H109ClF6N10O28P4S5. The Hall–Kier alpha value is -5.07. The minimum absolute atomic E-state index is 0.0993. The zero-order valence-corrected chi connectivity index (χ0v) is 78.7. The summed E-state index contributed by atoms with van der Waals surface area (Å²) in [5.74, 6) is -9.19. The van der Waals surface area contributed by atoms with Gasteiger partial charge in [0.2, 0.25) is 59.7 Å². The number of nitrogens with zero attached hydrogens (tertiary/aromatic N) is 6. The number of carbonyl (C=O) groups is 7. The topological polar surface area (TPSA) is 515 Å². The van der Waals surface area contributed by atoms with Gasteiger partial charge in [-0.25, -0.2) is 33.3 Å². The Kier molecular flexibility index (Phi) is 46.3. The maximum absolute atomic E-state index is 14.9. The molecule has 6 fully saturated rings. The second-order valence-corrected chi connectivity index (χ2v) is 50.2. The number of carbonyl (C=O) groups excluding carboxylic acids is 7. The number of primary amides is 1. The summed E-state index contributed by atoms with van der Waals surface area (Å²) in [5.41, 5.74) is -3.19. The molecule has 9 heterocycles. The number of amides is 4. The summed E-state index contributed by atoms with van der Waals surface area (Å²) in [6.07, 6.45) is -16.1. The molecule has 6 saturated heterocycles. The normalized spacial score (nSPS) is 25.1. The minimum atomic E-state index is -4.61. The molecule has 0 aliphatic carbocycles. The average Bonchev–Trinajstić information content (AvgIpc) is 1.62. The quantitative estimate of drug-likeness (QED) is 0.0188. The Balaban J connectivity index is 0.000000501. The lowest BCUT2D eigenvalue weighted by molar-refractivity contribution is -0.149. The van der Waals surface area contributed by atoms with Crippen molar-refractivity contribution in [3.8, 4) is 0 Å². The molecule has 0 bridgehead atoms. The summed E-state index contributed by atoms with van der Waals surface area (Å²) in [5, 5.41) is 44.5. The van der Waals surface area contributed by atoms with E-state index < -0.39 is 177 Å².